The molecule has 1 unspecified atom stereocenters. The van der Waals surface area contributed by atoms with Crippen molar-refractivity contribution in [2.75, 3.05) is 5.32 Å². The Morgan fingerprint density at radius 3 is 2.45 bits per heavy atom. The number of benzene rings is 1. The Morgan fingerprint density at radius 1 is 1.25 bits per heavy atom. The van der Waals surface area contributed by atoms with E-state index in [1.165, 1.54) is 6.92 Å². The van der Waals surface area contributed by atoms with Crippen molar-refractivity contribution in [3.63, 3.8) is 0 Å². The molecule has 2 rings (SSSR count). The molecule has 1 aromatic rings. The number of nitrogens with zero attached hydrogens (tertiary/aromatic N) is 1. The molecule has 108 valence electrons. The third-order valence-corrected chi connectivity index (χ3v) is 3.28. The molecule has 1 aliphatic heterocycles. The van der Waals surface area contributed by atoms with Gasteiger partial charge in [0.2, 0.25) is 5.91 Å². The zero-order chi connectivity index (χ0) is 15.0. The number of hydrogen-bond acceptors (Lipinski definition) is 3. The highest BCUT2D eigenvalue weighted by atomic mass is 19.1. The number of halogens is 2. The molecule has 20 heavy (non-hydrogen) atoms. The van der Waals surface area contributed by atoms with Gasteiger partial charge in [-0.3, -0.25) is 14.5 Å². The van der Waals surface area contributed by atoms with E-state index in [1.54, 1.807) is 13.8 Å². The van der Waals surface area contributed by atoms with E-state index in [0.717, 1.165) is 17.0 Å². The molecule has 2 amide bonds. The summed E-state index contributed by atoms with van der Waals surface area (Å²) in [7, 11) is 0. The number of likely N-dealkylation sites (tertiary alicyclic amines) is 1. The van der Waals surface area contributed by atoms with Crippen molar-refractivity contribution < 1.29 is 18.4 Å². The molecule has 1 fully saturated rings. The zero-order valence-electron chi connectivity index (χ0n) is 11.5. The fourth-order valence-electron chi connectivity index (χ4n) is 2.25. The Hall–Kier alpha value is -1.98. The van der Waals surface area contributed by atoms with Gasteiger partial charge in [-0.15, -0.1) is 0 Å². The smallest absolute Gasteiger partial charge is 0.252 e. The average molecular weight is 282 g/mol. The second-order valence-electron chi connectivity index (χ2n) is 5.18. The normalized spacial score (nSPS) is 19.1. The van der Waals surface area contributed by atoms with E-state index in [4.69, 9.17) is 0 Å². The number of amides is 2. The van der Waals surface area contributed by atoms with Gasteiger partial charge in [0.15, 0.2) is 0 Å². The van der Waals surface area contributed by atoms with Crippen LogP contribution in [0.15, 0.2) is 12.1 Å². The molecule has 0 saturated carbocycles. The van der Waals surface area contributed by atoms with Crippen LogP contribution in [0.2, 0.25) is 0 Å². The van der Waals surface area contributed by atoms with Crippen molar-refractivity contribution in [2.45, 2.75) is 39.3 Å². The van der Waals surface area contributed by atoms with Gasteiger partial charge in [-0.05, 0) is 32.4 Å². The summed E-state index contributed by atoms with van der Waals surface area (Å²) in [6, 6.07) is 0.961. The molecular weight excluding hydrogens is 266 g/mol. The molecule has 1 atom stereocenters. The SMILES string of the molecule is Cc1cc(F)c(NC2CC(=O)N(C(C)C)C2=O)cc1F. The summed E-state index contributed by atoms with van der Waals surface area (Å²) in [5.74, 6) is -1.93. The fraction of sp³-hybridized carbons (Fsp3) is 0.429. The first-order chi connectivity index (χ1) is 9.31. The molecule has 0 aliphatic carbocycles. The molecule has 0 radical (unpaired) electrons. The van der Waals surface area contributed by atoms with Gasteiger partial charge < -0.3 is 5.32 Å². The van der Waals surface area contributed by atoms with Crippen LogP contribution < -0.4 is 5.32 Å². The van der Waals surface area contributed by atoms with Gasteiger partial charge in [0.05, 0.1) is 12.1 Å². The van der Waals surface area contributed by atoms with Gasteiger partial charge in [0, 0.05) is 12.1 Å². The van der Waals surface area contributed by atoms with Crippen molar-refractivity contribution in [3.8, 4) is 0 Å². The van der Waals surface area contributed by atoms with E-state index >= 15 is 0 Å². The van der Waals surface area contributed by atoms with Crippen LogP contribution >= 0.6 is 0 Å². The van der Waals surface area contributed by atoms with E-state index in [-0.39, 0.29) is 29.6 Å². The first kappa shape index (κ1) is 14.4. The number of carbonyl (C=O) groups excluding carboxylic acids is 2. The van der Waals surface area contributed by atoms with Crippen LogP contribution in [-0.2, 0) is 9.59 Å². The number of imide groups is 1. The maximum Gasteiger partial charge on any atom is 0.252 e. The molecule has 1 N–H and O–H groups in total. The first-order valence-corrected chi connectivity index (χ1v) is 6.39. The van der Waals surface area contributed by atoms with E-state index in [2.05, 4.69) is 5.32 Å². The molecule has 0 spiro atoms. The highest BCUT2D eigenvalue weighted by Crippen LogP contribution is 2.24. The van der Waals surface area contributed by atoms with Gasteiger partial charge in [-0.2, -0.15) is 0 Å². The van der Waals surface area contributed by atoms with Crippen molar-refractivity contribution in [2.24, 2.45) is 0 Å². The van der Waals surface area contributed by atoms with Crippen LogP contribution in [0.25, 0.3) is 0 Å². The topological polar surface area (TPSA) is 49.4 Å². The number of nitrogens with one attached hydrogen (secondary N) is 1. The lowest BCUT2D eigenvalue weighted by molar-refractivity contribution is -0.140. The minimum Gasteiger partial charge on any atom is -0.371 e. The Labute approximate surface area is 115 Å². The first-order valence-electron chi connectivity index (χ1n) is 6.39. The molecule has 1 saturated heterocycles. The van der Waals surface area contributed by atoms with E-state index in [9.17, 15) is 18.4 Å². The van der Waals surface area contributed by atoms with Crippen LogP contribution in [0, 0.1) is 18.6 Å². The molecule has 1 aliphatic rings. The van der Waals surface area contributed by atoms with Crippen molar-refractivity contribution in [1.82, 2.24) is 4.90 Å². The molecule has 1 heterocycles. The second kappa shape index (κ2) is 5.19. The second-order valence-corrected chi connectivity index (χ2v) is 5.18. The standard InChI is InChI=1S/C14H16F2N2O2/c1-7(2)18-13(19)6-12(14(18)20)17-11-5-9(15)8(3)4-10(11)16/h4-5,7,12,17H,6H2,1-3H3. The predicted molar refractivity (Wildman–Crippen MR) is 70.1 cm³/mol. The Bertz CT molecular complexity index is 573. The average Bonchev–Trinajstić information content (AvgIpc) is 2.61. The van der Waals surface area contributed by atoms with Crippen LogP contribution in [0.3, 0.4) is 0 Å². The maximum atomic E-state index is 13.7. The molecule has 4 nitrogen and oxygen atoms in total. The van der Waals surface area contributed by atoms with E-state index in [0.29, 0.717) is 0 Å². The van der Waals surface area contributed by atoms with Crippen LogP contribution in [0.1, 0.15) is 25.8 Å². The van der Waals surface area contributed by atoms with Gasteiger partial charge in [-0.25, -0.2) is 8.78 Å². The monoisotopic (exact) mass is 282 g/mol. The van der Waals surface area contributed by atoms with Crippen LogP contribution in [0.4, 0.5) is 14.5 Å². The van der Waals surface area contributed by atoms with Gasteiger partial charge >= 0.3 is 0 Å². The summed E-state index contributed by atoms with van der Waals surface area (Å²) in [6.07, 6.45) is -0.0497. The van der Waals surface area contributed by atoms with Crippen LogP contribution in [0.5, 0.6) is 0 Å². The summed E-state index contributed by atoms with van der Waals surface area (Å²) in [5, 5.41) is 2.62. The Balaban J connectivity index is 2.22. The minimum absolute atomic E-state index is 0.0497. The lowest BCUT2D eigenvalue weighted by Gasteiger charge is -2.19. The zero-order valence-corrected chi connectivity index (χ0v) is 11.5. The molecular formula is C14H16F2N2O2. The maximum absolute atomic E-state index is 13.7. The highest BCUT2D eigenvalue weighted by Gasteiger charge is 2.40. The summed E-state index contributed by atoms with van der Waals surface area (Å²) >= 11 is 0. The number of rotatable bonds is 3. The van der Waals surface area contributed by atoms with Crippen molar-refractivity contribution >= 4 is 17.5 Å². The minimum atomic E-state index is -0.846. The summed E-state index contributed by atoms with van der Waals surface area (Å²) in [4.78, 5) is 24.9. The Morgan fingerprint density at radius 2 is 1.90 bits per heavy atom. The summed E-state index contributed by atoms with van der Waals surface area (Å²) in [5.41, 5.74) is 0.0792. The lowest BCUT2D eigenvalue weighted by Crippen LogP contribution is -2.39. The number of anilines is 1. The third kappa shape index (κ3) is 2.50. The van der Waals surface area contributed by atoms with Crippen LogP contribution in [-0.4, -0.2) is 28.8 Å². The lowest BCUT2D eigenvalue weighted by atomic mass is 10.1. The predicted octanol–water partition coefficient (Wildman–Crippen LogP) is 2.22. The highest BCUT2D eigenvalue weighted by molar-refractivity contribution is 6.07. The number of hydrogen-bond donors (Lipinski definition) is 1. The molecule has 0 bridgehead atoms. The Kier molecular flexibility index (Phi) is 3.74. The summed E-state index contributed by atoms with van der Waals surface area (Å²) < 4.78 is 27.2. The quantitative estimate of drug-likeness (QED) is 0.865. The number of carbonyl (C=O) groups is 2. The van der Waals surface area contributed by atoms with Crippen molar-refractivity contribution in [1.29, 1.82) is 0 Å². The number of aryl methyl sites for hydroxylation is 1. The fourth-order valence-corrected chi connectivity index (χ4v) is 2.25. The van der Waals surface area contributed by atoms with Gasteiger partial charge in [0.25, 0.3) is 5.91 Å². The molecule has 0 aromatic heterocycles. The molecule has 6 heteroatoms. The largest absolute Gasteiger partial charge is 0.371 e. The van der Waals surface area contributed by atoms with E-state index in [1.807, 2.05) is 0 Å². The van der Waals surface area contributed by atoms with Gasteiger partial charge in [0.1, 0.15) is 17.7 Å². The van der Waals surface area contributed by atoms with E-state index < -0.39 is 23.6 Å². The third-order valence-electron chi connectivity index (χ3n) is 3.28. The summed E-state index contributed by atoms with van der Waals surface area (Å²) in [6.45, 7) is 4.90. The van der Waals surface area contributed by atoms with Crippen molar-refractivity contribution in [3.05, 3.63) is 29.3 Å². The van der Waals surface area contributed by atoms with Gasteiger partial charge in [-0.1, -0.05) is 0 Å². The molecule has 1 aromatic carbocycles.